The van der Waals surface area contributed by atoms with E-state index in [4.69, 9.17) is 10.5 Å². The number of rotatable bonds is 6. The molecule has 5 heteroatoms. The molecule has 2 atom stereocenters. The number of ether oxygens (including phenoxy) is 1. The molecule has 1 amide bonds. The Balaban J connectivity index is 1.55. The third kappa shape index (κ3) is 5.04. The Hall–Kier alpha value is -0.650. The van der Waals surface area contributed by atoms with Crippen molar-refractivity contribution < 1.29 is 9.53 Å². The fourth-order valence-corrected chi connectivity index (χ4v) is 3.13. The van der Waals surface area contributed by atoms with E-state index in [1.807, 2.05) is 0 Å². The molecule has 4 N–H and O–H groups in total. The summed E-state index contributed by atoms with van der Waals surface area (Å²) < 4.78 is 5.58. The van der Waals surface area contributed by atoms with E-state index in [1.165, 1.54) is 38.5 Å². The average molecular weight is 283 g/mol. The average Bonchev–Trinajstić information content (AvgIpc) is 2.80. The highest BCUT2D eigenvalue weighted by molar-refractivity contribution is 5.81. The summed E-state index contributed by atoms with van der Waals surface area (Å²) in [6.45, 7) is 2.04. The molecule has 20 heavy (non-hydrogen) atoms. The van der Waals surface area contributed by atoms with Gasteiger partial charge in [-0.05, 0) is 25.7 Å². The van der Waals surface area contributed by atoms with Crippen LogP contribution >= 0.6 is 0 Å². The first-order valence-corrected chi connectivity index (χ1v) is 8.16. The zero-order valence-electron chi connectivity index (χ0n) is 12.4. The van der Waals surface area contributed by atoms with E-state index in [-0.39, 0.29) is 18.1 Å². The topological polar surface area (TPSA) is 76.4 Å². The lowest BCUT2D eigenvalue weighted by Gasteiger charge is -2.17. The van der Waals surface area contributed by atoms with E-state index >= 15 is 0 Å². The summed E-state index contributed by atoms with van der Waals surface area (Å²) in [5.74, 6) is 0.0172. The Bertz CT molecular complexity index is 291. The first kappa shape index (κ1) is 15.7. The SMILES string of the molecule is NC[C@H]1CC[C@@H](C(=O)NCCNC2CCCCCC2)O1. The molecule has 0 bridgehead atoms. The molecule has 0 aromatic heterocycles. The second kappa shape index (κ2) is 8.60. The van der Waals surface area contributed by atoms with Gasteiger partial charge in [-0.3, -0.25) is 4.79 Å². The largest absolute Gasteiger partial charge is 0.364 e. The number of nitrogens with one attached hydrogen (secondary N) is 2. The van der Waals surface area contributed by atoms with Crippen molar-refractivity contribution in [3.8, 4) is 0 Å². The second-order valence-electron chi connectivity index (χ2n) is 5.99. The lowest BCUT2D eigenvalue weighted by Crippen LogP contribution is -2.41. The lowest BCUT2D eigenvalue weighted by molar-refractivity contribution is -0.131. The molecule has 0 aromatic carbocycles. The van der Waals surface area contributed by atoms with Gasteiger partial charge in [0, 0.05) is 25.7 Å². The monoisotopic (exact) mass is 283 g/mol. The molecule has 1 aliphatic heterocycles. The Labute approximate surface area is 122 Å². The molecule has 1 aliphatic carbocycles. The zero-order valence-corrected chi connectivity index (χ0v) is 12.4. The number of hydrogen-bond donors (Lipinski definition) is 3. The maximum absolute atomic E-state index is 11.9. The molecule has 2 rings (SSSR count). The highest BCUT2D eigenvalue weighted by Gasteiger charge is 2.29. The predicted octanol–water partition coefficient (Wildman–Crippen LogP) is 0.921. The fourth-order valence-electron chi connectivity index (χ4n) is 3.13. The van der Waals surface area contributed by atoms with Crippen LogP contribution in [-0.4, -0.2) is 43.8 Å². The van der Waals surface area contributed by atoms with Gasteiger partial charge < -0.3 is 21.1 Å². The van der Waals surface area contributed by atoms with E-state index in [0.29, 0.717) is 19.1 Å². The van der Waals surface area contributed by atoms with Gasteiger partial charge in [0.2, 0.25) is 5.91 Å². The highest BCUT2D eigenvalue weighted by atomic mass is 16.5. The molecular weight excluding hydrogens is 254 g/mol. The number of amides is 1. The van der Waals surface area contributed by atoms with Gasteiger partial charge in [0.15, 0.2) is 0 Å². The van der Waals surface area contributed by atoms with Crippen LogP contribution in [0.2, 0.25) is 0 Å². The maximum atomic E-state index is 11.9. The third-order valence-electron chi connectivity index (χ3n) is 4.38. The normalized spacial score (nSPS) is 28.2. The lowest BCUT2D eigenvalue weighted by atomic mass is 10.1. The van der Waals surface area contributed by atoms with Crippen LogP contribution in [0.5, 0.6) is 0 Å². The molecule has 2 aliphatic rings. The molecule has 5 nitrogen and oxygen atoms in total. The van der Waals surface area contributed by atoms with Crippen LogP contribution in [0.3, 0.4) is 0 Å². The molecule has 116 valence electrons. The molecule has 2 fully saturated rings. The van der Waals surface area contributed by atoms with Crippen molar-refractivity contribution in [3.05, 3.63) is 0 Å². The van der Waals surface area contributed by atoms with Crippen molar-refractivity contribution >= 4 is 5.91 Å². The number of carbonyl (C=O) groups is 1. The van der Waals surface area contributed by atoms with Gasteiger partial charge >= 0.3 is 0 Å². The second-order valence-corrected chi connectivity index (χ2v) is 5.99. The Morgan fingerprint density at radius 2 is 1.80 bits per heavy atom. The molecule has 1 heterocycles. The van der Waals surface area contributed by atoms with Crippen molar-refractivity contribution in [2.24, 2.45) is 5.73 Å². The van der Waals surface area contributed by atoms with Gasteiger partial charge in [-0.15, -0.1) is 0 Å². The van der Waals surface area contributed by atoms with E-state index in [0.717, 1.165) is 19.4 Å². The van der Waals surface area contributed by atoms with Crippen LogP contribution in [0, 0.1) is 0 Å². The summed E-state index contributed by atoms with van der Waals surface area (Å²) >= 11 is 0. The summed E-state index contributed by atoms with van der Waals surface area (Å²) in [6, 6.07) is 0.638. The van der Waals surface area contributed by atoms with Gasteiger partial charge in [0.05, 0.1) is 6.10 Å². The Kier molecular flexibility index (Phi) is 6.76. The Morgan fingerprint density at radius 1 is 1.05 bits per heavy atom. The summed E-state index contributed by atoms with van der Waals surface area (Å²) in [5, 5.41) is 6.51. The van der Waals surface area contributed by atoms with Gasteiger partial charge in [0.1, 0.15) is 6.10 Å². The fraction of sp³-hybridized carbons (Fsp3) is 0.933. The summed E-state index contributed by atoms with van der Waals surface area (Å²) in [6.07, 6.45) is 9.43. The molecule has 0 radical (unpaired) electrons. The maximum Gasteiger partial charge on any atom is 0.249 e. The van der Waals surface area contributed by atoms with E-state index < -0.39 is 0 Å². The van der Waals surface area contributed by atoms with E-state index in [1.54, 1.807) is 0 Å². The molecule has 1 saturated carbocycles. The van der Waals surface area contributed by atoms with Gasteiger partial charge in [-0.25, -0.2) is 0 Å². The van der Waals surface area contributed by atoms with Crippen molar-refractivity contribution in [2.75, 3.05) is 19.6 Å². The third-order valence-corrected chi connectivity index (χ3v) is 4.38. The summed E-state index contributed by atoms with van der Waals surface area (Å²) in [4.78, 5) is 11.9. The van der Waals surface area contributed by atoms with Crippen LogP contribution in [0.1, 0.15) is 51.4 Å². The van der Waals surface area contributed by atoms with Gasteiger partial charge in [0.25, 0.3) is 0 Å². The van der Waals surface area contributed by atoms with Crippen LogP contribution in [0.15, 0.2) is 0 Å². The molecule has 1 saturated heterocycles. The first-order valence-electron chi connectivity index (χ1n) is 8.16. The molecule has 0 spiro atoms. The van der Waals surface area contributed by atoms with Crippen molar-refractivity contribution in [1.82, 2.24) is 10.6 Å². The minimum Gasteiger partial charge on any atom is -0.364 e. The van der Waals surface area contributed by atoms with E-state index in [9.17, 15) is 4.79 Å². The van der Waals surface area contributed by atoms with Gasteiger partial charge in [-0.1, -0.05) is 25.7 Å². The number of carbonyl (C=O) groups excluding carboxylic acids is 1. The minimum atomic E-state index is -0.290. The first-order chi connectivity index (χ1) is 9.79. The smallest absolute Gasteiger partial charge is 0.249 e. The zero-order chi connectivity index (χ0) is 14.2. The number of hydrogen-bond acceptors (Lipinski definition) is 4. The molecule has 0 unspecified atom stereocenters. The highest BCUT2D eigenvalue weighted by Crippen LogP contribution is 2.19. The predicted molar refractivity (Wildman–Crippen MR) is 79.5 cm³/mol. The summed E-state index contributed by atoms with van der Waals surface area (Å²) in [5.41, 5.74) is 5.55. The quantitative estimate of drug-likeness (QED) is 0.500. The van der Waals surface area contributed by atoms with Crippen LogP contribution < -0.4 is 16.4 Å². The van der Waals surface area contributed by atoms with Crippen LogP contribution in [0.25, 0.3) is 0 Å². The van der Waals surface area contributed by atoms with Crippen molar-refractivity contribution in [2.45, 2.75) is 69.6 Å². The molecule has 0 aromatic rings. The molecular formula is C15H29N3O2. The van der Waals surface area contributed by atoms with Crippen molar-refractivity contribution in [1.29, 1.82) is 0 Å². The standard InChI is InChI=1S/C15H29N3O2/c16-11-13-7-8-14(20-13)15(19)18-10-9-17-12-5-3-1-2-4-6-12/h12-14,17H,1-11,16H2,(H,18,19)/t13-,14+/m1/s1. The van der Waals surface area contributed by atoms with E-state index in [2.05, 4.69) is 10.6 Å². The van der Waals surface area contributed by atoms with Crippen LogP contribution in [-0.2, 0) is 9.53 Å². The summed E-state index contributed by atoms with van der Waals surface area (Å²) in [7, 11) is 0. The minimum absolute atomic E-state index is 0.0172. The Morgan fingerprint density at radius 3 is 2.45 bits per heavy atom. The van der Waals surface area contributed by atoms with Gasteiger partial charge in [-0.2, -0.15) is 0 Å². The number of nitrogens with two attached hydrogens (primary N) is 1. The van der Waals surface area contributed by atoms with Crippen LogP contribution in [0.4, 0.5) is 0 Å². The van der Waals surface area contributed by atoms with Crippen molar-refractivity contribution in [3.63, 3.8) is 0 Å².